The summed E-state index contributed by atoms with van der Waals surface area (Å²) >= 11 is 0. The summed E-state index contributed by atoms with van der Waals surface area (Å²) in [5, 5.41) is 9.99. The number of anilines is 2. The fourth-order valence-electron chi connectivity index (χ4n) is 3.58. The molecule has 3 fully saturated rings. The molecule has 1 aromatic rings. The van der Waals surface area contributed by atoms with Gasteiger partial charge in [-0.2, -0.15) is 0 Å². The molecule has 3 unspecified atom stereocenters. The topological polar surface area (TPSA) is 75.3 Å². The molecule has 2 heterocycles. The Balaban J connectivity index is 1.59. The highest BCUT2D eigenvalue weighted by atomic mass is 16.3. The van der Waals surface area contributed by atoms with Crippen molar-refractivity contribution in [2.75, 3.05) is 23.7 Å². The van der Waals surface area contributed by atoms with Gasteiger partial charge in [-0.1, -0.05) is 0 Å². The van der Waals surface area contributed by atoms with Crippen molar-refractivity contribution in [3.63, 3.8) is 0 Å². The molecule has 1 aromatic heterocycles. The fraction of sp³-hybridized carbons (Fsp3) is 0.714. The number of nitrogen functional groups attached to an aromatic ring is 1. The Bertz CT molecular complexity index is 502. The standard InChI is InChI=1S/C14H20N4O/c15-12-5-13(17-14(16-12)8-1-2-8)18-6-9-3-4-11(19)10(9)7-18/h5,8-11,19H,1-4,6-7H2,(H2,15,16,17). The Morgan fingerprint density at radius 2 is 2.00 bits per heavy atom. The Morgan fingerprint density at radius 3 is 2.74 bits per heavy atom. The van der Waals surface area contributed by atoms with Gasteiger partial charge in [0.1, 0.15) is 17.5 Å². The van der Waals surface area contributed by atoms with Crippen LogP contribution in [0.5, 0.6) is 0 Å². The summed E-state index contributed by atoms with van der Waals surface area (Å²) in [6, 6.07) is 1.87. The number of fused-ring (bicyclic) bond motifs is 1. The molecule has 5 nitrogen and oxygen atoms in total. The minimum absolute atomic E-state index is 0.128. The van der Waals surface area contributed by atoms with Crippen LogP contribution in [0.15, 0.2) is 6.07 Å². The third-order valence-electron chi connectivity index (χ3n) is 4.84. The number of rotatable bonds is 2. The molecule has 3 aliphatic rings. The highest BCUT2D eigenvalue weighted by Crippen LogP contribution is 2.41. The van der Waals surface area contributed by atoms with Crippen molar-refractivity contribution in [3.05, 3.63) is 11.9 Å². The highest BCUT2D eigenvalue weighted by molar-refractivity contribution is 5.48. The summed E-state index contributed by atoms with van der Waals surface area (Å²) in [4.78, 5) is 11.3. The van der Waals surface area contributed by atoms with E-state index in [2.05, 4.69) is 14.9 Å². The summed E-state index contributed by atoms with van der Waals surface area (Å²) in [7, 11) is 0. The molecule has 2 saturated carbocycles. The normalized spacial score (nSPS) is 33.7. The lowest BCUT2D eigenvalue weighted by atomic mass is 10.00. The van der Waals surface area contributed by atoms with Gasteiger partial charge in [0.25, 0.3) is 0 Å². The van der Waals surface area contributed by atoms with Gasteiger partial charge in [0, 0.05) is 31.0 Å². The van der Waals surface area contributed by atoms with Crippen LogP contribution < -0.4 is 10.6 Å². The first kappa shape index (κ1) is 11.5. The van der Waals surface area contributed by atoms with Crippen molar-refractivity contribution in [2.45, 2.75) is 37.7 Å². The van der Waals surface area contributed by atoms with E-state index in [9.17, 15) is 5.11 Å². The van der Waals surface area contributed by atoms with Crippen molar-refractivity contribution in [1.82, 2.24) is 9.97 Å². The maximum Gasteiger partial charge on any atom is 0.136 e. The average Bonchev–Trinajstić information content (AvgIpc) is 3.06. The lowest BCUT2D eigenvalue weighted by Crippen LogP contribution is -2.25. The van der Waals surface area contributed by atoms with E-state index in [4.69, 9.17) is 5.73 Å². The smallest absolute Gasteiger partial charge is 0.136 e. The van der Waals surface area contributed by atoms with Gasteiger partial charge in [-0.25, -0.2) is 9.97 Å². The van der Waals surface area contributed by atoms with E-state index in [0.717, 1.165) is 37.6 Å². The first-order chi connectivity index (χ1) is 9.20. The van der Waals surface area contributed by atoms with Gasteiger partial charge in [-0.3, -0.25) is 0 Å². The summed E-state index contributed by atoms with van der Waals surface area (Å²) in [6.45, 7) is 1.91. The third-order valence-corrected chi connectivity index (χ3v) is 4.84. The van der Waals surface area contributed by atoms with E-state index in [1.54, 1.807) is 0 Å². The molecule has 102 valence electrons. The van der Waals surface area contributed by atoms with E-state index < -0.39 is 0 Å². The molecule has 4 rings (SSSR count). The van der Waals surface area contributed by atoms with E-state index in [-0.39, 0.29) is 6.10 Å². The number of hydrogen-bond donors (Lipinski definition) is 2. The van der Waals surface area contributed by atoms with Crippen LogP contribution >= 0.6 is 0 Å². The van der Waals surface area contributed by atoms with Crippen LogP contribution in [0.1, 0.15) is 37.4 Å². The molecule has 5 heteroatoms. The minimum Gasteiger partial charge on any atom is -0.393 e. The van der Waals surface area contributed by atoms with Gasteiger partial charge >= 0.3 is 0 Å². The highest BCUT2D eigenvalue weighted by Gasteiger charge is 2.42. The van der Waals surface area contributed by atoms with Gasteiger partial charge in [0.15, 0.2) is 0 Å². The zero-order valence-electron chi connectivity index (χ0n) is 11.0. The number of aliphatic hydroxyl groups excluding tert-OH is 1. The number of hydrogen-bond acceptors (Lipinski definition) is 5. The molecule has 1 aliphatic heterocycles. The van der Waals surface area contributed by atoms with E-state index in [1.165, 1.54) is 12.8 Å². The average molecular weight is 260 g/mol. The van der Waals surface area contributed by atoms with Crippen LogP contribution in [0.3, 0.4) is 0 Å². The Kier molecular flexibility index (Phi) is 2.45. The quantitative estimate of drug-likeness (QED) is 0.834. The van der Waals surface area contributed by atoms with Crippen molar-refractivity contribution < 1.29 is 5.11 Å². The van der Waals surface area contributed by atoms with Crippen molar-refractivity contribution in [3.8, 4) is 0 Å². The first-order valence-electron chi connectivity index (χ1n) is 7.28. The summed E-state index contributed by atoms with van der Waals surface area (Å²) in [5.41, 5.74) is 5.91. The van der Waals surface area contributed by atoms with Gasteiger partial charge < -0.3 is 15.7 Å². The number of aromatic nitrogens is 2. The molecule has 0 radical (unpaired) electrons. The molecule has 1 saturated heterocycles. The molecular weight excluding hydrogens is 240 g/mol. The van der Waals surface area contributed by atoms with Crippen molar-refractivity contribution >= 4 is 11.6 Å². The second-order valence-electron chi connectivity index (χ2n) is 6.26. The summed E-state index contributed by atoms with van der Waals surface area (Å²) < 4.78 is 0. The summed E-state index contributed by atoms with van der Waals surface area (Å²) in [6.07, 6.45) is 4.35. The Hall–Kier alpha value is -1.36. The SMILES string of the molecule is Nc1cc(N2CC3CCC(O)C3C2)nc(C2CC2)n1. The fourth-order valence-corrected chi connectivity index (χ4v) is 3.58. The van der Waals surface area contributed by atoms with Crippen LogP contribution in [0.25, 0.3) is 0 Å². The van der Waals surface area contributed by atoms with Gasteiger partial charge in [0.05, 0.1) is 6.10 Å². The monoisotopic (exact) mass is 260 g/mol. The van der Waals surface area contributed by atoms with Gasteiger partial charge in [0.2, 0.25) is 0 Å². The molecule has 0 amide bonds. The molecule has 0 aromatic carbocycles. The summed E-state index contributed by atoms with van der Waals surface area (Å²) in [5.74, 6) is 4.00. The molecule has 0 bridgehead atoms. The third kappa shape index (κ3) is 1.96. The lowest BCUT2D eigenvalue weighted by molar-refractivity contribution is 0.133. The molecule has 19 heavy (non-hydrogen) atoms. The second kappa shape index (κ2) is 4.07. The van der Waals surface area contributed by atoms with Gasteiger partial charge in [-0.15, -0.1) is 0 Å². The van der Waals surface area contributed by atoms with Crippen LogP contribution in [0.4, 0.5) is 11.6 Å². The van der Waals surface area contributed by atoms with Crippen LogP contribution in [0.2, 0.25) is 0 Å². The molecular formula is C14H20N4O. The van der Waals surface area contributed by atoms with Gasteiger partial charge in [-0.05, 0) is 31.6 Å². The zero-order valence-corrected chi connectivity index (χ0v) is 11.0. The predicted octanol–water partition coefficient (Wildman–Crippen LogP) is 1.14. The molecule has 3 N–H and O–H groups in total. The van der Waals surface area contributed by atoms with Crippen LogP contribution in [-0.4, -0.2) is 34.3 Å². The van der Waals surface area contributed by atoms with Crippen molar-refractivity contribution in [2.24, 2.45) is 11.8 Å². The Labute approximate surface area is 112 Å². The number of aliphatic hydroxyl groups is 1. The van der Waals surface area contributed by atoms with Crippen LogP contribution in [-0.2, 0) is 0 Å². The van der Waals surface area contributed by atoms with E-state index in [1.807, 2.05) is 6.07 Å². The maximum atomic E-state index is 9.99. The Morgan fingerprint density at radius 1 is 1.16 bits per heavy atom. The minimum atomic E-state index is -0.128. The molecule has 2 aliphatic carbocycles. The van der Waals surface area contributed by atoms with E-state index >= 15 is 0 Å². The lowest BCUT2D eigenvalue weighted by Gasteiger charge is -2.20. The first-order valence-corrected chi connectivity index (χ1v) is 7.28. The second-order valence-corrected chi connectivity index (χ2v) is 6.26. The molecule has 3 atom stereocenters. The number of nitrogens with zero attached hydrogens (tertiary/aromatic N) is 3. The molecule has 0 spiro atoms. The van der Waals surface area contributed by atoms with Crippen molar-refractivity contribution in [1.29, 1.82) is 0 Å². The predicted molar refractivity (Wildman–Crippen MR) is 72.9 cm³/mol. The largest absolute Gasteiger partial charge is 0.393 e. The van der Waals surface area contributed by atoms with Crippen LogP contribution in [0, 0.1) is 11.8 Å². The van der Waals surface area contributed by atoms with E-state index in [0.29, 0.717) is 23.6 Å². The zero-order chi connectivity index (χ0) is 13.0. The number of nitrogens with two attached hydrogens (primary N) is 1. The maximum absolute atomic E-state index is 9.99.